The van der Waals surface area contributed by atoms with E-state index >= 15 is 0 Å². The Bertz CT molecular complexity index is 279. The highest BCUT2D eigenvalue weighted by Crippen LogP contribution is 2.16. The molecule has 0 aliphatic carbocycles. The SMILES string of the molecule is CCC1C(=O)NCCN1C(C)CC1COCCN1. The molecule has 2 N–H and O–H groups in total. The first-order valence-corrected chi connectivity index (χ1v) is 7.07. The number of ether oxygens (including phenoxy) is 1. The van der Waals surface area contributed by atoms with Gasteiger partial charge in [-0.25, -0.2) is 0 Å². The highest BCUT2D eigenvalue weighted by atomic mass is 16.5. The molecule has 2 rings (SSSR count). The van der Waals surface area contributed by atoms with E-state index in [1.54, 1.807) is 0 Å². The van der Waals surface area contributed by atoms with Gasteiger partial charge in [0.25, 0.3) is 0 Å². The summed E-state index contributed by atoms with van der Waals surface area (Å²) in [7, 11) is 0. The maximum atomic E-state index is 11.8. The molecule has 5 nitrogen and oxygen atoms in total. The number of nitrogens with zero attached hydrogens (tertiary/aromatic N) is 1. The second kappa shape index (κ2) is 6.50. The molecule has 3 atom stereocenters. The quantitative estimate of drug-likeness (QED) is 0.740. The normalized spacial score (nSPS) is 32.0. The summed E-state index contributed by atoms with van der Waals surface area (Å²) in [6.07, 6.45) is 1.93. The first-order chi connectivity index (χ1) is 8.72. The molecule has 0 aromatic carbocycles. The van der Waals surface area contributed by atoms with Crippen molar-refractivity contribution in [2.24, 2.45) is 0 Å². The van der Waals surface area contributed by atoms with E-state index in [1.165, 1.54) is 0 Å². The molecular formula is C13H25N3O2. The number of morpholine rings is 1. The van der Waals surface area contributed by atoms with E-state index < -0.39 is 0 Å². The van der Waals surface area contributed by atoms with Gasteiger partial charge in [0.2, 0.25) is 5.91 Å². The molecular weight excluding hydrogens is 230 g/mol. The third-order valence-electron chi connectivity index (χ3n) is 3.95. The van der Waals surface area contributed by atoms with Crippen molar-refractivity contribution in [1.82, 2.24) is 15.5 Å². The average Bonchev–Trinajstić information content (AvgIpc) is 2.39. The van der Waals surface area contributed by atoms with Gasteiger partial charge in [-0.05, 0) is 19.8 Å². The molecule has 2 aliphatic rings. The van der Waals surface area contributed by atoms with Crippen LogP contribution in [0.5, 0.6) is 0 Å². The predicted octanol–water partition coefficient (Wildman–Crippen LogP) is -0.0362. The maximum Gasteiger partial charge on any atom is 0.237 e. The first kappa shape index (κ1) is 13.8. The van der Waals surface area contributed by atoms with Crippen LogP contribution in [0.2, 0.25) is 0 Å². The number of carbonyl (C=O) groups is 1. The Hall–Kier alpha value is -0.650. The molecule has 2 fully saturated rings. The summed E-state index contributed by atoms with van der Waals surface area (Å²) in [4.78, 5) is 14.2. The monoisotopic (exact) mass is 255 g/mol. The van der Waals surface area contributed by atoms with Crippen LogP contribution in [0, 0.1) is 0 Å². The number of amides is 1. The van der Waals surface area contributed by atoms with Gasteiger partial charge in [-0.3, -0.25) is 9.69 Å². The molecule has 0 radical (unpaired) electrons. The standard InChI is InChI=1S/C13H25N3O2/c1-3-12-13(17)15-4-6-16(12)10(2)8-11-9-18-7-5-14-11/h10-12,14H,3-9H2,1-2H3,(H,15,17). The Morgan fingerprint density at radius 1 is 1.50 bits per heavy atom. The Kier molecular flexibility index (Phi) is 4.97. The van der Waals surface area contributed by atoms with E-state index in [4.69, 9.17) is 4.74 Å². The van der Waals surface area contributed by atoms with Crippen LogP contribution in [0.4, 0.5) is 0 Å². The van der Waals surface area contributed by atoms with Crippen LogP contribution in [-0.4, -0.2) is 61.8 Å². The zero-order valence-electron chi connectivity index (χ0n) is 11.4. The zero-order valence-corrected chi connectivity index (χ0v) is 11.4. The van der Waals surface area contributed by atoms with Crippen LogP contribution in [-0.2, 0) is 9.53 Å². The van der Waals surface area contributed by atoms with Gasteiger partial charge in [0.05, 0.1) is 19.3 Å². The molecule has 104 valence electrons. The number of hydrogen-bond donors (Lipinski definition) is 2. The molecule has 0 aromatic heterocycles. The van der Waals surface area contributed by atoms with Gasteiger partial charge in [-0.1, -0.05) is 6.92 Å². The smallest absolute Gasteiger partial charge is 0.237 e. The first-order valence-electron chi connectivity index (χ1n) is 7.07. The Morgan fingerprint density at radius 2 is 2.33 bits per heavy atom. The minimum absolute atomic E-state index is 0.0401. The van der Waals surface area contributed by atoms with E-state index in [-0.39, 0.29) is 11.9 Å². The molecule has 0 aromatic rings. The van der Waals surface area contributed by atoms with E-state index in [1.807, 2.05) is 0 Å². The molecule has 2 heterocycles. The van der Waals surface area contributed by atoms with Crippen LogP contribution in [0.1, 0.15) is 26.7 Å². The molecule has 18 heavy (non-hydrogen) atoms. The highest BCUT2D eigenvalue weighted by molar-refractivity contribution is 5.82. The van der Waals surface area contributed by atoms with E-state index in [2.05, 4.69) is 29.4 Å². The van der Waals surface area contributed by atoms with Gasteiger partial charge in [0.15, 0.2) is 0 Å². The molecule has 2 aliphatic heterocycles. The average molecular weight is 255 g/mol. The van der Waals surface area contributed by atoms with Crippen molar-refractivity contribution in [2.75, 3.05) is 32.8 Å². The van der Waals surface area contributed by atoms with Crippen LogP contribution in [0.15, 0.2) is 0 Å². The summed E-state index contributed by atoms with van der Waals surface area (Å²) in [6, 6.07) is 0.884. The summed E-state index contributed by atoms with van der Waals surface area (Å²) >= 11 is 0. The van der Waals surface area contributed by atoms with Crippen molar-refractivity contribution in [3.8, 4) is 0 Å². The molecule has 0 bridgehead atoms. The lowest BCUT2D eigenvalue weighted by molar-refractivity contribution is -0.130. The summed E-state index contributed by atoms with van der Waals surface area (Å²) in [6.45, 7) is 8.58. The molecule has 5 heteroatoms. The van der Waals surface area contributed by atoms with Crippen LogP contribution >= 0.6 is 0 Å². The molecule has 2 saturated heterocycles. The number of nitrogens with one attached hydrogen (secondary N) is 2. The summed E-state index contributed by atoms with van der Waals surface area (Å²) in [5.41, 5.74) is 0. The summed E-state index contributed by atoms with van der Waals surface area (Å²) < 4.78 is 5.48. The Balaban J connectivity index is 1.89. The van der Waals surface area contributed by atoms with Gasteiger partial charge >= 0.3 is 0 Å². The van der Waals surface area contributed by atoms with Gasteiger partial charge in [0.1, 0.15) is 0 Å². The fourth-order valence-electron chi connectivity index (χ4n) is 3.00. The number of hydrogen-bond acceptors (Lipinski definition) is 4. The van der Waals surface area contributed by atoms with Crippen molar-refractivity contribution in [1.29, 1.82) is 0 Å². The Labute approximate surface area is 109 Å². The van der Waals surface area contributed by atoms with Crippen molar-refractivity contribution in [3.63, 3.8) is 0 Å². The predicted molar refractivity (Wildman–Crippen MR) is 70.5 cm³/mol. The van der Waals surface area contributed by atoms with Crippen molar-refractivity contribution in [2.45, 2.75) is 44.8 Å². The van der Waals surface area contributed by atoms with E-state index in [0.717, 1.165) is 45.7 Å². The second-order valence-electron chi connectivity index (χ2n) is 5.26. The van der Waals surface area contributed by atoms with E-state index in [0.29, 0.717) is 12.1 Å². The summed E-state index contributed by atoms with van der Waals surface area (Å²) in [5.74, 6) is 0.184. The zero-order chi connectivity index (χ0) is 13.0. The fraction of sp³-hybridized carbons (Fsp3) is 0.923. The summed E-state index contributed by atoms with van der Waals surface area (Å²) in [5, 5.41) is 6.43. The lowest BCUT2D eigenvalue weighted by Gasteiger charge is -2.40. The van der Waals surface area contributed by atoms with Gasteiger partial charge in [-0.2, -0.15) is 0 Å². The van der Waals surface area contributed by atoms with Crippen LogP contribution in [0.3, 0.4) is 0 Å². The molecule has 0 spiro atoms. The minimum Gasteiger partial charge on any atom is -0.379 e. The topological polar surface area (TPSA) is 53.6 Å². The minimum atomic E-state index is 0.0401. The third-order valence-corrected chi connectivity index (χ3v) is 3.95. The van der Waals surface area contributed by atoms with Gasteiger partial charge in [-0.15, -0.1) is 0 Å². The van der Waals surface area contributed by atoms with Gasteiger partial charge in [0, 0.05) is 31.7 Å². The fourth-order valence-corrected chi connectivity index (χ4v) is 3.00. The Morgan fingerprint density at radius 3 is 3.00 bits per heavy atom. The largest absolute Gasteiger partial charge is 0.379 e. The lowest BCUT2D eigenvalue weighted by atomic mass is 10.0. The van der Waals surface area contributed by atoms with E-state index in [9.17, 15) is 4.79 Å². The highest BCUT2D eigenvalue weighted by Gasteiger charge is 2.32. The molecule has 0 saturated carbocycles. The van der Waals surface area contributed by atoms with Crippen LogP contribution < -0.4 is 10.6 Å². The second-order valence-corrected chi connectivity index (χ2v) is 5.26. The lowest BCUT2D eigenvalue weighted by Crippen LogP contribution is -2.58. The number of piperazine rings is 1. The molecule has 1 amide bonds. The third kappa shape index (κ3) is 3.22. The maximum absolute atomic E-state index is 11.8. The van der Waals surface area contributed by atoms with Crippen molar-refractivity contribution in [3.05, 3.63) is 0 Å². The van der Waals surface area contributed by atoms with Crippen molar-refractivity contribution >= 4 is 5.91 Å². The number of carbonyl (C=O) groups excluding carboxylic acids is 1. The van der Waals surface area contributed by atoms with Crippen LogP contribution in [0.25, 0.3) is 0 Å². The van der Waals surface area contributed by atoms with Gasteiger partial charge < -0.3 is 15.4 Å². The molecule has 3 unspecified atom stereocenters. The number of rotatable bonds is 4. The van der Waals surface area contributed by atoms with Crippen molar-refractivity contribution < 1.29 is 9.53 Å².